The zero-order valence-electron chi connectivity index (χ0n) is 12.8. The molecule has 0 spiro atoms. The SMILES string of the molecule is Cc1cc(Oc2csc(C(F)(F)F)c2)nc(-c2ccc(C(F)(F)F)s2)n1. The van der Waals surface area contributed by atoms with Crippen molar-refractivity contribution in [2.75, 3.05) is 0 Å². The molecule has 0 radical (unpaired) electrons. The summed E-state index contributed by atoms with van der Waals surface area (Å²) in [7, 11) is 0. The molecule has 0 aliphatic heterocycles. The number of aromatic nitrogens is 2. The monoisotopic (exact) mass is 410 g/mol. The summed E-state index contributed by atoms with van der Waals surface area (Å²) in [5, 5.41) is 1.17. The van der Waals surface area contributed by atoms with Crippen molar-refractivity contribution in [3.05, 3.63) is 45.1 Å². The Hall–Kier alpha value is -2.14. The van der Waals surface area contributed by atoms with Crippen LogP contribution in [0.5, 0.6) is 11.6 Å². The Bertz CT molecular complexity index is 929. The van der Waals surface area contributed by atoms with E-state index in [1.807, 2.05) is 0 Å². The van der Waals surface area contributed by atoms with Gasteiger partial charge in [0.1, 0.15) is 15.5 Å². The van der Waals surface area contributed by atoms with Gasteiger partial charge in [0.25, 0.3) is 0 Å². The third-order valence-corrected chi connectivity index (χ3v) is 5.09. The summed E-state index contributed by atoms with van der Waals surface area (Å²) in [5.74, 6) is -0.110. The average Bonchev–Trinajstić information content (AvgIpc) is 3.14. The van der Waals surface area contributed by atoms with E-state index in [-0.39, 0.29) is 22.3 Å². The molecule has 0 N–H and O–H groups in total. The zero-order valence-corrected chi connectivity index (χ0v) is 14.4. The topological polar surface area (TPSA) is 35.0 Å². The van der Waals surface area contributed by atoms with E-state index in [1.54, 1.807) is 6.92 Å². The summed E-state index contributed by atoms with van der Waals surface area (Å²) < 4.78 is 81.3. The molecular formula is C15H8F6N2OS2. The van der Waals surface area contributed by atoms with Crippen molar-refractivity contribution in [2.24, 2.45) is 0 Å². The third-order valence-electron chi connectivity index (χ3n) is 3.01. The number of rotatable bonds is 3. The van der Waals surface area contributed by atoms with Crippen LogP contribution in [-0.2, 0) is 12.4 Å². The first-order valence-corrected chi connectivity index (χ1v) is 8.58. The van der Waals surface area contributed by atoms with Gasteiger partial charge in [-0.3, -0.25) is 0 Å². The maximum atomic E-state index is 12.7. The largest absolute Gasteiger partial charge is 0.438 e. The second kappa shape index (κ2) is 6.54. The second-order valence-electron chi connectivity index (χ2n) is 5.08. The fourth-order valence-corrected chi connectivity index (χ4v) is 3.44. The lowest BCUT2D eigenvalue weighted by Gasteiger charge is -2.06. The fourth-order valence-electron chi connectivity index (χ4n) is 1.95. The molecule has 3 nitrogen and oxygen atoms in total. The van der Waals surface area contributed by atoms with E-state index in [1.165, 1.54) is 17.5 Å². The minimum absolute atomic E-state index is 0.00627. The Morgan fingerprint density at radius 1 is 0.923 bits per heavy atom. The Morgan fingerprint density at radius 3 is 2.19 bits per heavy atom. The molecule has 0 atom stereocenters. The van der Waals surface area contributed by atoms with Gasteiger partial charge in [-0.1, -0.05) is 0 Å². The predicted octanol–water partition coefficient (Wildman–Crippen LogP) is 6.40. The van der Waals surface area contributed by atoms with Crippen LogP contribution in [0.2, 0.25) is 0 Å². The molecular weight excluding hydrogens is 402 g/mol. The van der Waals surface area contributed by atoms with Crippen LogP contribution in [-0.4, -0.2) is 9.97 Å². The highest BCUT2D eigenvalue weighted by Crippen LogP contribution is 2.39. The first-order valence-electron chi connectivity index (χ1n) is 6.89. The molecule has 0 bridgehead atoms. The van der Waals surface area contributed by atoms with Gasteiger partial charge < -0.3 is 4.74 Å². The lowest BCUT2D eigenvalue weighted by atomic mass is 10.3. The third kappa shape index (κ3) is 4.15. The van der Waals surface area contributed by atoms with Gasteiger partial charge in [-0.2, -0.15) is 31.3 Å². The summed E-state index contributed by atoms with van der Waals surface area (Å²) in [6.45, 7) is 1.57. The van der Waals surface area contributed by atoms with E-state index < -0.39 is 22.1 Å². The van der Waals surface area contributed by atoms with Crippen LogP contribution in [0.15, 0.2) is 29.6 Å². The van der Waals surface area contributed by atoms with Crippen LogP contribution >= 0.6 is 22.7 Å². The van der Waals surface area contributed by atoms with Crippen LogP contribution in [0.25, 0.3) is 10.7 Å². The first-order chi connectivity index (χ1) is 12.0. The normalized spacial score (nSPS) is 12.4. The van der Waals surface area contributed by atoms with Gasteiger partial charge in [-0.25, -0.2) is 4.98 Å². The number of aryl methyl sites for hydroxylation is 1. The van der Waals surface area contributed by atoms with E-state index >= 15 is 0 Å². The summed E-state index contributed by atoms with van der Waals surface area (Å²) in [6.07, 6.45) is -8.96. The Labute approximate surface area is 150 Å². The highest BCUT2D eigenvalue weighted by atomic mass is 32.1. The zero-order chi connectivity index (χ0) is 19.1. The molecule has 0 aliphatic carbocycles. The number of hydrogen-bond acceptors (Lipinski definition) is 5. The molecule has 11 heteroatoms. The van der Waals surface area contributed by atoms with Crippen LogP contribution in [0, 0.1) is 6.92 Å². The minimum Gasteiger partial charge on any atom is -0.438 e. The van der Waals surface area contributed by atoms with Gasteiger partial charge in [0, 0.05) is 23.2 Å². The van der Waals surface area contributed by atoms with E-state index in [2.05, 4.69) is 9.97 Å². The molecule has 3 heterocycles. The number of nitrogens with zero attached hydrogens (tertiary/aromatic N) is 2. The van der Waals surface area contributed by atoms with Gasteiger partial charge in [-0.15, -0.1) is 22.7 Å². The highest BCUT2D eigenvalue weighted by Gasteiger charge is 2.33. The van der Waals surface area contributed by atoms with Crippen LogP contribution in [0.3, 0.4) is 0 Å². The number of ether oxygens (including phenoxy) is 1. The summed E-state index contributed by atoms with van der Waals surface area (Å²) in [6, 6.07) is 4.36. The highest BCUT2D eigenvalue weighted by molar-refractivity contribution is 7.15. The quantitative estimate of drug-likeness (QED) is 0.469. The predicted molar refractivity (Wildman–Crippen MR) is 84.5 cm³/mol. The molecule has 0 unspecified atom stereocenters. The molecule has 3 aromatic heterocycles. The van der Waals surface area contributed by atoms with Gasteiger partial charge in [0.05, 0.1) is 4.88 Å². The van der Waals surface area contributed by atoms with E-state index in [4.69, 9.17) is 4.74 Å². The molecule has 26 heavy (non-hydrogen) atoms. The number of halogens is 6. The summed E-state index contributed by atoms with van der Waals surface area (Å²) in [4.78, 5) is 6.61. The van der Waals surface area contributed by atoms with Crippen LogP contribution in [0.1, 0.15) is 15.4 Å². The van der Waals surface area contributed by atoms with Crippen molar-refractivity contribution in [3.8, 4) is 22.3 Å². The van der Waals surface area contributed by atoms with Gasteiger partial charge in [0.2, 0.25) is 5.88 Å². The standard InChI is InChI=1S/C15H8F6N2OS2/c1-7-4-12(24-8-5-11(25-6-8)15(19,20)21)23-13(22-7)9-2-3-10(26-9)14(16,17)18/h2-6H,1H3. The first kappa shape index (κ1) is 18.6. The molecule has 3 rings (SSSR count). The Balaban J connectivity index is 1.88. The molecule has 138 valence electrons. The maximum absolute atomic E-state index is 12.7. The van der Waals surface area contributed by atoms with Gasteiger partial charge in [-0.05, 0) is 19.1 Å². The molecule has 0 aliphatic rings. The molecule has 3 aromatic rings. The van der Waals surface area contributed by atoms with Crippen molar-refractivity contribution in [1.29, 1.82) is 0 Å². The minimum atomic E-state index is -4.48. The van der Waals surface area contributed by atoms with Gasteiger partial charge in [0.15, 0.2) is 5.82 Å². The molecule has 0 amide bonds. The van der Waals surface area contributed by atoms with Crippen molar-refractivity contribution in [1.82, 2.24) is 9.97 Å². The number of hydrogen-bond donors (Lipinski definition) is 0. The lowest BCUT2D eigenvalue weighted by Crippen LogP contribution is -2.01. The average molecular weight is 410 g/mol. The van der Waals surface area contributed by atoms with Crippen molar-refractivity contribution in [3.63, 3.8) is 0 Å². The molecule has 0 saturated heterocycles. The lowest BCUT2D eigenvalue weighted by molar-refractivity contribution is -0.135. The van der Waals surface area contributed by atoms with Crippen molar-refractivity contribution < 1.29 is 31.1 Å². The number of alkyl halides is 6. The smallest absolute Gasteiger partial charge is 0.425 e. The van der Waals surface area contributed by atoms with Crippen molar-refractivity contribution >= 4 is 22.7 Å². The van der Waals surface area contributed by atoms with Crippen LogP contribution in [0.4, 0.5) is 26.3 Å². The molecule has 0 fully saturated rings. The van der Waals surface area contributed by atoms with E-state index in [0.717, 1.165) is 12.1 Å². The summed E-state index contributed by atoms with van der Waals surface area (Å²) >= 11 is 0.942. The van der Waals surface area contributed by atoms with Gasteiger partial charge >= 0.3 is 12.4 Å². The maximum Gasteiger partial charge on any atom is 0.425 e. The van der Waals surface area contributed by atoms with E-state index in [9.17, 15) is 26.3 Å². The van der Waals surface area contributed by atoms with Crippen LogP contribution < -0.4 is 4.74 Å². The second-order valence-corrected chi connectivity index (χ2v) is 7.07. The fraction of sp³-hybridized carbons (Fsp3) is 0.200. The number of thiophene rings is 2. The van der Waals surface area contributed by atoms with E-state index in [0.29, 0.717) is 28.4 Å². The Kier molecular flexibility index (Phi) is 4.69. The summed E-state index contributed by atoms with van der Waals surface area (Å²) in [5.41, 5.74) is 0.401. The molecule has 0 saturated carbocycles. The van der Waals surface area contributed by atoms with Crippen molar-refractivity contribution in [2.45, 2.75) is 19.3 Å². The molecule has 0 aromatic carbocycles. The Morgan fingerprint density at radius 2 is 1.62 bits per heavy atom.